The maximum absolute atomic E-state index is 16.6. The van der Waals surface area contributed by atoms with Crippen LogP contribution in [0.25, 0.3) is 17.0 Å². The van der Waals surface area contributed by atoms with E-state index in [1.54, 1.807) is 26.4 Å². The molecule has 5 fully saturated rings. The first-order valence-corrected chi connectivity index (χ1v) is 26.2. The molecule has 0 radical (unpaired) electrons. The van der Waals surface area contributed by atoms with E-state index in [2.05, 4.69) is 78.7 Å². The van der Waals surface area contributed by atoms with Crippen LogP contribution in [0, 0.1) is 47.1 Å². The van der Waals surface area contributed by atoms with Gasteiger partial charge in [-0.25, -0.2) is 8.78 Å². The van der Waals surface area contributed by atoms with E-state index < -0.39 is 6.04 Å². The lowest BCUT2D eigenvalue weighted by atomic mass is 9.76. The zero-order chi connectivity index (χ0) is 48.1. The molecule has 1 aliphatic heterocycles. The number of H-pyrrole nitrogens is 1. The Morgan fingerprint density at radius 3 is 2.10 bits per heavy atom. The van der Waals surface area contributed by atoms with E-state index in [1.165, 1.54) is 40.7 Å². The number of aromatic nitrogens is 1. The standard InChI is InChI=1S/C58H71F2N3O2.C2H6O/c1-31(2)21-48(32(3)4)57(64)47-10-7-9-46(47)52-30-40-26-38(16-19-51(40)62-52)45-18-17-44(54(45)43-28-49(59)55(50(60)29-43)42-23-34-12-13-35(34)24-42)37-15-14-36-22-41(27-39(36)25-37)53-11-8-20-63(53)58(65)56(61)33(5)6;1-3-2/h14-16,19,25-30,32-35,42,44-48,53-54,56,62H,1,7-13,17-18,20-24,61H2,2-6H3;1-2H3/t34-,35+,42?,44-,45-,46-,47?,48+,53+,54?,56+;/m1./s1. The monoisotopic (exact) mass is 926 g/mol. The highest BCUT2D eigenvalue weighted by Crippen LogP contribution is 2.57. The smallest absolute Gasteiger partial charge is 0.240 e. The molecule has 4 aromatic rings. The number of ether oxygens (including phenoxy) is 1. The average Bonchev–Trinajstić information content (AvgIpc) is 4.16. The molecule has 6 nitrogen and oxygen atoms in total. The number of methoxy groups -OCH3 is 1. The summed E-state index contributed by atoms with van der Waals surface area (Å²) in [7, 11) is 3.25. The average molecular weight is 926 g/mol. The van der Waals surface area contributed by atoms with Gasteiger partial charge in [-0.05, 0) is 200 Å². The highest BCUT2D eigenvalue weighted by Gasteiger charge is 2.45. The summed E-state index contributed by atoms with van der Waals surface area (Å²) in [4.78, 5) is 33.4. The summed E-state index contributed by atoms with van der Waals surface area (Å²) in [6.07, 6.45) is 14.8. The Morgan fingerprint density at radius 2 is 1.47 bits per heavy atom. The van der Waals surface area contributed by atoms with Gasteiger partial charge in [-0.15, -0.1) is 6.58 Å². The van der Waals surface area contributed by atoms with Gasteiger partial charge in [0.25, 0.3) is 0 Å². The number of fused-ring (bicyclic) bond motifs is 3. The van der Waals surface area contributed by atoms with E-state index in [1.807, 2.05) is 25.7 Å². The van der Waals surface area contributed by atoms with E-state index in [0.717, 1.165) is 105 Å². The number of nitrogens with one attached hydrogen (secondary N) is 1. The van der Waals surface area contributed by atoms with Gasteiger partial charge in [0.1, 0.15) is 17.4 Å². The fraction of sp³-hybridized carbons (Fsp3) is 0.567. The molecule has 1 saturated heterocycles. The number of nitrogens with zero attached hydrogens (tertiary/aromatic N) is 1. The van der Waals surface area contributed by atoms with Gasteiger partial charge >= 0.3 is 0 Å². The lowest BCUT2D eigenvalue weighted by molar-refractivity contribution is -0.133. The van der Waals surface area contributed by atoms with Crippen LogP contribution in [0.3, 0.4) is 0 Å². The zero-order valence-electron chi connectivity index (χ0n) is 41.9. The van der Waals surface area contributed by atoms with Crippen molar-refractivity contribution in [2.24, 2.45) is 41.2 Å². The van der Waals surface area contributed by atoms with Gasteiger partial charge < -0.3 is 20.4 Å². The van der Waals surface area contributed by atoms with E-state index in [0.29, 0.717) is 23.2 Å². The number of aromatic amines is 1. The SMILES string of the molecule is C=C(C)C[C@H](C(=O)C1CCC[C@H]1c1cc2cc([C@H]3CC[C@H](c4ccc5c(c4)C=C([C@@H]4CCCN4C(=O)[C@@H](N)C(C)C)C5)C3c3cc(F)c(C4C[C@H]5CC[C@H]5C4)c(F)c3)ccc2[nH]1)C(C)C.COC. The van der Waals surface area contributed by atoms with Crippen molar-refractivity contribution in [2.45, 2.75) is 160 Å². The van der Waals surface area contributed by atoms with Crippen molar-refractivity contribution >= 4 is 28.7 Å². The first-order valence-electron chi connectivity index (χ1n) is 26.2. The predicted octanol–water partition coefficient (Wildman–Crippen LogP) is 13.7. The summed E-state index contributed by atoms with van der Waals surface area (Å²) < 4.78 is 37.4. The summed E-state index contributed by atoms with van der Waals surface area (Å²) in [5.41, 5.74) is 16.9. The molecule has 3 N–H and O–H groups in total. The minimum absolute atomic E-state index is 0.00224. The highest BCUT2D eigenvalue weighted by molar-refractivity contribution is 5.86. The Bertz CT molecular complexity index is 2520. The number of nitrogens with two attached hydrogens (primary N) is 1. The fourth-order valence-corrected chi connectivity index (χ4v) is 14.0. The first kappa shape index (κ1) is 48.6. The molecule has 1 amide bonds. The molecule has 1 aromatic heterocycles. The number of Topliss-reactive ketones (excluding diaryl/α,β-unsaturated/α-hetero) is 1. The van der Waals surface area contributed by atoms with Gasteiger partial charge in [-0.3, -0.25) is 9.59 Å². The summed E-state index contributed by atoms with van der Waals surface area (Å²) >= 11 is 0. The number of rotatable bonds is 13. The third-order valence-electron chi connectivity index (χ3n) is 17.7. The molecule has 3 aromatic carbocycles. The van der Waals surface area contributed by atoms with Crippen molar-refractivity contribution in [2.75, 3.05) is 20.8 Å². The van der Waals surface area contributed by atoms with Gasteiger partial charge in [0.05, 0.1) is 12.1 Å². The molecule has 10 rings (SSSR count). The molecule has 364 valence electrons. The number of allylic oxidation sites excluding steroid dienone is 1. The largest absolute Gasteiger partial charge is 0.388 e. The van der Waals surface area contributed by atoms with E-state index in [9.17, 15) is 9.59 Å². The molecule has 6 aliphatic rings. The van der Waals surface area contributed by atoms with Crippen molar-refractivity contribution in [3.05, 3.63) is 123 Å². The summed E-state index contributed by atoms with van der Waals surface area (Å²) in [5.74, 6) is 1.40. The van der Waals surface area contributed by atoms with Crippen LogP contribution in [0.2, 0.25) is 0 Å². The maximum atomic E-state index is 16.6. The predicted molar refractivity (Wildman–Crippen MR) is 272 cm³/mol. The van der Waals surface area contributed by atoms with Gasteiger partial charge in [-0.2, -0.15) is 0 Å². The highest BCUT2D eigenvalue weighted by atomic mass is 19.1. The summed E-state index contributed by atoms with van der Waals surface area (Å²) in [5, 5.41) is 1.13. The summed E-state index contributed by atoms with van der Waals surface area (Å²) in [6, 6.07) is 18.8. The molecule has 0 bridgehead atoms. The molecular weight excluding hydrogens is 849 g/mol. The third kappa shape index (κ3) is 9.34. The molecular formula is C60H77F2N3O3. The second-order valence-corrected chi connectivity index (χ2v) is 22.8. The van der Waals surface area contributed by atoms with E-state index in [4.69, 9.17) is 5.73 Å². The Kier molecular flexibility index (Phi) is 14.4. The molecule has 4 saturated carbocycles. The van der Waals surface area contributed by atoms with Crippen LogP contribution in [-0.2, 0) is 20.7 Å². The molecule has 0 spiro atoms. The third-order valence-corrected chi connectivity index (χ3v) is 17.7. The Balaban J connectivity index is 0.00000188. The normalized spacial score (nSPS) is 28.3. The van der Waals surface area contributed by atoms with E-state index in [-0.39, 0.29) is 76.8 Å². The van der Waals surface area contributed by atoms with Gasteiger partial charge in [0.15, 0.2) is 0 Å². The molecule has 5 aliphatic carbocycles. The lowest BCUT2D eigenvalue weighted by Gasteiger charge is -2.29. The topological polar surface area (TPSA) is 88.4 Å². The van der Waals surface area contributed by atoms with Gasteiger partial charge in [0, 0.05) is 55.3 Å². The lowest BCUT2D eigenvalue weighted by Crippen LogP contribution is -2.48. The number of benzene rings is 3. The molecule has 3 unspecified atom stereocenters. The Hall–Kier alpha value is -4.40. The molecule has 8 heteroatoms. The number of hydrogen-bond acceptors (Lipinski definition) is 4. The van der Waals surface area contributed by atoms with Crippen molar-refractivity contribution < 1.29 is 23.1 Å². The van der Waals surface area contributed by atoms with Crippen molar-refractivity contribution in [1.29, 1.82) is 0 Å². The number of likely N-dealkylation sites (tertiary alicyclic amines) is 1. The first-order chi connectivity index (χ1) is 32.6. The van der Waals surface area contributed by atoms with Crippen LogP contribution in [-0.4, -0.2) is 54.4 Å². The Morgan fingerprint density at radius 1 is 0.809 bits per heavy atom. The van der Waals surface area contributed by atoms with Crippen molar-refractivity contribution in [3.63, 3.8) is 0 Å². The minimum Gasteiger partial charge on any atom is -0.388 e. The van der Waals surface area contributed by atoms with Crippen molar-refractivity contribution in [1.82, 2.24) is 9.88 Å². The summed E-state index contributed by atoms with van der Waals surface area (Å²) in [6.45, 7) is 15.3. The van der Waals surface area contributed by atoms with Crippen molar-refractivity contribution in [3.8, 4) is 0 Å². The van der Waals surface area contributed by atoms with Gasteiger partial charge in [0.2, 0.25) is 5.91 Å². The zero-order valence-corrected chi connectivity index (χ0v) is 41.9. The number of carbonyl (C=O) groups is 2. The maximum Gasteiger partial charge on any atom is 0.240 e. The Labute approximate surface area is 404 Å². The molecule has 2 heterocycles. The van der Waals surface area contributed by atoms with Crippen LogP contribution in [0.15, 0.2) is 72.3 Å². The number of carbonyl (C=O) groups excluding carboxylic acids is 2. The number of amides is 1. The molecule has 68 heavy (non-hydrogen) atoms. The fourth-order valence-electron chi connectivity index (χ4n) is 14.0. The van der Waals surface area contributed by atoms with Crippen LogP contribution < -0.4 is 5.73 Å². The molecule has 11 atom stereocenters. The van der Waals surface area contributed by atoms with E-state index >= 15 is 8.78 Å². The number of ketones is 1. The van der Waals surface area contributed by atoms with Crippen LogP contribution in [0.4, 0.5) is 8.78 Å². The van der Waals surface area contributed by atoms with Crippen LogP contribution in [0.5, 0.6) is 0 Å². The minimum atomic E-state index is -0.499. The van der Waals surface area contributed by atoms with Crippen LogP contribution in [0.1, 0.15) is 180 Å². The van der Waals surface area contributed by atoms with Crippen LogP contribution >= 0.6 is 0 Å². The quantitative estimate of drug-likeness (QED) is 0.131. The second-order valence-electron chi connectivity index (χ2n) is 22.8. The second kappa shape index (κ2) is 20.1. The van der Waals surface area contributed by atoms with Gasteiger partial charge in [-0.1, -0.05) is 70.0 Å². The number of hydrogen-bond donors (Lipinski definition) is 2. The number of halogens is 2.